The van der Waals surface area contributed by atoms with E-state index in [4.69, 9.17) is 0 Å². The zero-order valence-electron chi connectivity index (χ0n) is 17.0. The summed E-state index contributed by atoms with van der Waals surface area (Å²) in [6, 6.07) is 5.08. The SMILES string of the molecule is C[C@@H](Nc1ncnc2c1cc(C1=CCSCC1)c(=O)n2C)c1cccc(C(F)F)c1F. The van der Waals surface area contributed by atoms with Crippen molar-refractivity contribution >= 4 is 34.2 Å². The molecule has 1 atom stereocenters. The number of hydrogen-bond donors (Lipinski definition) is 1. The van der Waals surface area contributed by atoms with Crippen molar-refractivity contribution < 1.29 is 13.2 Å². The summed E-state index contributed by atoms with van der Waals surface area (Å²) in [6.07, 6.45) is 1.27. The van der Waals surface area contributed by atoms with Gasteiger partial charge in [0.1, 0.15) is 23.6 Å². The van der Waals surface area contributed by atoms with Crippen LogP contribution in [0, 0.1) is 5.82 Å². The summed E-state index contributed by atoms with van der Waals surface area (Å²) in [4.78, 5) is 21.4. The number of fused-ring (bicyclic) bond motifs is 1. The van der Waals surface area contributed by atoms with Gasteiger partial charge in [0, 0.05) is 23.9 Å². The highest BCUT2D eigenvalue weighted by atomic mass is 32.2. The van der Waals surface area contributed by atoms with Gasteiger partial charge in [0.05, 0.1) is 17.0 Å². The van der Waals surface area contributed by atoms with E-state index in [1.807, 2.05) is 11.8 Å². The Labute approximate surface area is 181 Å². The van der Waals surface area contributed by atoms with Crippen LogP contribution in [0.4, 0.5) is 19.0 Å². The Balaban J connectivity index is 1.78. The fourth-order valence-electron chi connectivity index (χ4n) is 3.74. The number of alkyl halides is 2. The minimum atomic E-state index is -2.90. The predicted octanol–water partition coefficient (Wildman–Crippen LogP) is 5.10. The van der Waals surface area contributed by atoms with Crippen molar-refractivity contribution in [3.63, 3.8) is 0 Å². The van der Waals surface area contributed by atoms with E-state index in [1.54, 1.807) is 20.0 Å². The summed E-state index contributed by atoms with van der Waals surface area (Å²) in [5.74, 6) is 1.26. The smallest absolute Gasteiger partial charge is 0.266 e. The number of hydrogen-bond acceptors (Lipinski definition) is 5. The summed E-state index contributed by atoms with van der Waals surface area (Å²) in [7, 11) is 1.65. The third kappa shape index (κ3) is 4.06. The number of rotatable bonds is 5. The lowest BCUT2D eigenvalue weighted by molar-refractivity contribution is 0.146. The van der Waals surface area contributed by atoms with Gasteiger partial charge in [-0.2, -0.15) is 11.8 Å². The van der Waals surface area contributed by atoms with E-state index < -0.39 is 23.8 Å². The van der Waals surface area contributed by atoms with E-state index in [0.717, 1.165) is 29.6 Å². The van der Waals surface area contributed by atoms with E-state index in [-0.39, 0.29) is 11.1 Å². The highest BCUT2D eigenvalue weighted by Crippen LogP contribution is 2.31. The lowest BCUT2D eigenvalue weighted by atomic mass is 10.0. The number of aromatic nitrogens is 3. The first kappa shape index (κ1) is 21.4. The molecule has 3 aromatic rings. The summed E-state index contributed by atoms with van der Waals surface area (Å²) < 4.78 is 42.3. The van der Waals surface area contributed by atoms with Crippen LogP contribution < -0.4 is 10.9 Å². The van der Waals surface area contributed by atoms with Gasteiger partial charge in [0.2, 0.25) is 0 Å². The first-order chi connectivity index (χ1) is 14.9. The van der Waals surface area contributed by atoms with Gasteiger partial charge in [-0.25, -0.2) is 23.1 Å². The fourth-order valence-corrected chi connectivity index (χ4v) is 4.59. The van der Waals surface area contributed by atoms with E-state index >= 15 is 0 Å². The zero-order chi connectivity index (χ0) is 22.1. The maximum atomic E-state index is 14.6. The number of nitrogens with one attached hydrogen (secondary N) is 1. The first-order valence-electron chi connectivity index (χ1n) is 9.83. The Morgan fingerprint density at radius 3 is 2.71 bits per heavy atom. The molecule has 1 aliphatic heterocycles. The molecular formula is C22H21F3N4OS. The number of thioether (sulfide) groups is 1. The van der Waals surface area contributed by atoms with Gasteiger partial charge in [0.15, 0.2) is 0 Å². The molecule has 1 aliphatic rings. The van der Waals surface area contributed by atoms with E-state index in [0.29, 0.717) is 22.4 Å². The molecule has 1 N–H and O–H groups in total. The zero-order valence-corrected chi connectivity index (χ0v) is 17.8. The Bertz CT molecular complexity index is 1230. The summed E-state index contributed by atoms with van der Waals surface area (Å²) in [5, 5.41) is 3.72. The highest BCUT2D eigenvalue weighted by molar-refractivity contribution is 7.99. The van der Waals surface area contributed by atoms with Crippen molar-refractivity contribution in [2.75, 3.05) is 16.8 Å². The van der Waals surface area contributed by atoms with Crippen LogP contribution >= 0.6 is 11.8 Å². The van der Waals surface area contributed by atoms with Crippen LogP contribution in [0.25, 0.3) is 16.6 Å². The van der Waals surface area contributed by atoms with Crippen LogP contribution in [0.5, 0.6) is 0 Å². The monoisotopic (exact) mass is 446 g/mol. The number of pyridine rings is 1. The highest BCUT2D eigenvalue weighted by Gasteiger charge is 2.21. The molecule has 3 heterocycles. The molecule has 0 saturated heterocycles. The minimum Gasteiger partial charge on any atom is -0.363 e. The van der Waals surface area contributed by atoms with Crippen molar-refractivity contribution in [1.29, 1.82) is 0 Å². The normalized spacial score (nSPS) is 15.2. The van der Waals surface area contributed by atoms with Gasteiger partial charge in [-0.05, 0) is 30.7 Å². The third-order valence-electron chi connectivity index (χ3n) is 5.43. The van der Waals surface area contributed by atoms with Gasteiger partial charge in [0.25, 0.3) is 12.0 Å². The van der Waals surface area contributed by atoms with Crippen molar-refractivity contribution in [3.8, 4) is 0 Å². The molecule has 0 aliphatic carbocycles. The maximum absolute atomic E-state index is 14.6. The van der Waals surface area contributed by atoms with Gasteiger partial charge in [-0.1, -0.05) is 24.3 Å². The maximum Gasteiger partial charge on any atom is 0.266 e. The second-order valence-electron chi connectivity index (χ2n) is 7.35. The number of aryl methyl sites for hydroxylation is 1. The topological polar surface area (TPSA) is 59.8 Å². The minimum absolute atomic E-state index is 0.113. The van der Waals surface area contributed by atoms with Crippen molar-refractivity contribution in [2.24, 2.45) is 7.05 Å². The second-order valence-corrected chi connectivity index (χ2v) is 8.50. The third-order valence-corrected chi connectivity index (χ3v) is 6.32. The van der Waals surface area contributed by atoms with Crippen LogP contribution in [0.2, 0.25) is 0 Å². The average molecular weight is 446 g/mol. The fraction of sp³-hybridized carbons (Fsp3) is 0.318. The molecule has 0 fully saturated rings. The van der Waals surface area contributed by atoms with Gasteiger partial charge in [-0.3, -0.25) is 9.36 Å². The van der Waals surface area contributed by atoms with Gasteiger partial charge >= 0.3 is 0 Å². The Morgan fingerprint density at radius 2 is 2.00 bits per heavy atom. The Morgan fingerprint density at radius 1 is 1.23 bits per heavy atom. The van der Waals surface area contributed by atoms with Gasteiger partial charge < -0.3 is 5.32 Å². The van der Waals surface area contributed by atoms with Gasteiger partial charge in [-0.15, -0.1) is 0 Å². The molecule has 1 aromatic carbocycles. The molecular weight excluding hydrogens is 425 g/mol. The molecule has 0 bridgehead atoms. The molecule has 0 radical (unpaired) electrons. The van der Waals surface area contributed by atoms with Crippen LogP contribution in [-0.2, 0) is 7.05 Å². The second kappa shape index (κ2) is 8.74. The number of anilines is 1. The lowest BCUT2D eigenvalue weighted by Gasteiger charge is -2.19. The average Bonchev–Trinajstić information content (AvgIpc) is 2.77. The molecule has 31 heavy (non-hydrogen) atoms. The molecule has 0 amide bonds. The molecule has 5 nitrogen and oxygen atoms in total. The van der Waals surface area contributed by atoms with Crippen molar-refractivity contribution in [1.82, 2.24) is 14.5 Å². The quantitative estimate of drug-likeness (QED) is 0.591. The molecule has 0 saturated carbocycles. The van der Waals surface area contributed by atoms with Crippen LogP contribution in [0.1, 0.15) is 42.5 Å². The van der Waals surface area contributed by atoms with E-state index in [1.165, 1.54) is 23.0 Å². The number of halogens is 3. The lowest BCUT2D eigenvalue weighted by Crippen LogP contribution is -2.23. The molecule has 162 valence electrons. The van der Waals surface area contributed by atoms with Crippen molar-refractivity contribution in [3.05, 3.63) is 69.5 Å². The first-order valence-corrected chi connectivity index (χ1v) is 11.0. The number of benzene rings is 1. The molecule has 0 spiro atoms. The molecule has 2 aromatic heterocycles. The van der Waals surface area contributed by atoms with Crippen LogP contribution in [-0.4, -0.2) is 26.0 Å². The van der Waals surface area contributed by atoms with E-state index in [9.17, 15) is 18.0 Å². The van der Waals surface area contributed by atoms with Crippen LogP contribution in [0.3, 0.4) is 0 Å². The van der Waals surface area contributed by atoms with Crippen LogP contribution in [0.15, 0.2) is 41.5 Å². The molecule has 0 unspecified atom stereocenters. The number of allylic oxidation sites excluding steroid dienone is 1. The standard InChI is InChI=1S/C22H21F3N4OS/c1-12(14-4-3-5-15(18(14)23)19(24)25)28-20-17-10-16(13-6-8-31-9-7-13)22(30)29(2)21(17)27-11-26-20/h3-6,10-12,19H,7-9H2,1-2H3,(H,26,27,28)/t12-/m1/s1. The summed E-state index contributed by atoms with van der Waals surface area (Å²) in [5.41, 5.74) is 1.35. The largest absolute Gasteiger partial charge is 0.363 e. The Kier molecular flexibility index (Phi) is 6.04. The summed E-state index contributed by atoms with van der Waals surface area (Å²) >= 11 is 1.81. The summed E-state index contributed by atoms with van der Waals surface area (Å²) in [6.45, 7) is 1.67. The van der Waals surface area contributed by atoms with Crippen molar-refractivity contribution in [2.45, 2.75) is 25.8 Å². The predicted molar refractivity (Wildman–Crippen MR) is 118 cm³/mol. The number of nitrogens with zero attached hydrogens (tertiary/aromatic N) is 3. The molecule has 4 rings (SSSR count). The Hall–Kier alpha value is -2.81. The molecule has 9 heteroatoms. The van der Waals surface area contributed by atoms with E-state index in [2.05, 4.69) is 21.4 Å².